The van der Waals surface area contributed by atoms with Gasteiger partial charge in [0.15, 0.2) is 5.96 Å². The number of rotatable bonds is 4. The fourth-order valence-electron chi connectivity index (χ4n) is 2.16. The fourth-order valence-corrected chi connectivity index (χ4v) is 2.16. The average molecular weight is 211 g/mol. The molecule has 0 aromatic heterocycles. The van der Waals surface area contributed by atoms with Gasteiger partial charge in [0.25, 0.3) is 0 Å². The molecule has 0 atom stereocenters. The molecule has 0 bridgehead atoms. The maximum atomic E-state index is 5.79. The third-order valence-electron chi connectivity index (χ3n) is 3.41. The first-order valence-corrected chi connectivity index (χ1v) is 5.86. The third kappa shape index (κ3) is 2.84. The minimum atomic E-state index is -0.0319. The van der Waals surface area contributed by atoms with Gasteiger partial charge in [0, 0.05) is 13.2 Å². The predicted octanol–water partition coefficient (Wildman–Crippen LogP) is 1.01. The van der Waals surface area contributed by atoms with Crippen LogP contribution in [0.1, 0.15) is 38.5 Å². The van der Waals surface area contributed by atoms with Crippen molar-refractivity contribution in [2.75, 3.05) is 13.7 Å². The Balaban J connectivity index is 1.83. The summed E-state index contributed by atoms with van der Waals surface area (Å²) in [6.45, 7) is 0.703. The standard InChI is InChI=1S/C11H21N3O/c1-15-11(6-2-3-7-11)8-13-10(12)14-9-4-5-9/h9H,2-8H2,1H3,(H3,12,13,14). The van der Waals surface area contributed by atoms with E-state index < -0.39 is 0 Å². The van der Waals surface area contributed by atoms with Crippen molar-refractivity contribution in [1.82, 2.24) is 5.32 Å². The Morgan fingerprint density at radius 1 is 1.47 bits per heavy atom. The van der Waals surface area contributed by atoms with Crippen LogP contribution in [0, 0.1) is 0 Å². The minimum Gasteiger partial charge on any atom is -0.376 e. The van der Waals surface area contributed by atoms with E-state index in [0.29, 0.717) is 18.5 Å². The third-order valence-corrected chi connectivity index (χ3v) is 3.41. The molecule has 2 rings (SSSR count). The summed E-state index contributed by atoms with van der Waals surface area (Å²) in [5, 5.41) is 3.19. The highest BCUT2D eigenvalue weighted by atomic mass is 16.5. The lowest BCUT2D eigenvalue weighted by molar-refractivity contribution is 0.00423. The van der Waals surface area contributed by atoms with Gasteiger partial charge in [-0.25, -0.2) is 0 Å². The van der Waals surface area contributed by atoms with Gasteiger partial charge in [-0.15, -0.1) is 0 Å². The average Bonchev–Trinajstić information content (AvgIpc) is 2.93. The molecular weight excluding hydrogens is 190 g/mol. The highest BCUT2D eigenvalue weighted by Crippen LogP contribution is 2.32. The number of nitrogens with zero attached hydrogens (tertiary/aromatic N) is 1. The van der Waals surface area contributed by atoms with Gasteiger partial charge in [-0.1, -0.05) is 12.8 Å². The molecule has 0 spiro atoms. The van der Waals surface area contributed by atoms with Crippen molar-refractivity contribution in [2.24, 2.45) is 10.7 Å². The Morgan fingerprint density at radius 2 is 2.13 bits per heavy atom. The number of hydrogen-bond donors (Lipinski definition) is 2. The van der Waals surface area contributed by atoms with Crippen molar-refractivity contribution in [1.29, 1.82) is 0 Å². The Morgan fingerprint density at radius 3 is 2.67 bits per heavy atom. The van der Waals surface area contributed by atoms with E-state index in [0.717, 1.165) is 12.8 Å². The lowest BCUT2D eigenvalue weighted by atomic mass is 10.0. The van der Waals surface area contributed by atoms with Crippen LogP contribution in [0.3, 0.4) is 0 Å². The van der Waals surface area contributed by atoms with Crippen LogP contribution in [0.15, 0.2) is 4.99 Å². The molecule has 0 amide bonds. The Bertz CT molecular complexity index is 242. The first kappa shape index (κ1) is 10.7. The predicted molar refractivity (Wildman–Crippen MR) is 60.9 cm³/mol. The van der Waals surface area contributed by atoms with Gasteiger partial charge >= 0.3 is 0 Å². The van der Waals surface area contributed by atoms with E-state index in [4.69, 9.17) is 10.5 Å². The van der Waals surface area contributed by atoms with E-state index in [-0.39, 0.29) is 5.60 Å². The number of hydrogen-bond acceptors (Lipinski definition) is 2. The number of ether oxygens (including phenoxy) is 1. The van der Waals surface area contributed by atoms with E-state index in [9.17, 15) is 0 Å². The monoisotopic (exact) mass is 211 g/mol. The molecule has 0 unspecified atom stereocenters. The normalized spacial score (nSPS) is 25.5. The SMILES string of the molecule is COC1(CN=C(N)NC2CC2)CCCC1. The number of methoxy groups -OCH3 is 1. The summed E-state index contributed by atoms with van der Waals surface area (Å²) in [4.78, 5) is 4.39. The fraction of sp³-hybridized carbons (Fsp3) is 0.909. The summed E-state index contributed by atoms with van der Waals surface area (Å²) >= 11 is 0. The second kappa shape index (κ2) is 4.39. The summed E-state index contributed by atoms with van der Waals surface area (Å²) in [5.41, 5.74) is 5.76. The van der Waals surface area contributed by atoms with Crippen LogP contribution in [0.25, 0.3) is 0 Å². The molecule has 0 aromatic carbocycles. The van der Waals surface area contributed by atoms with Gasteiger partial charge in [0.1, 0.15) is 0 Å². The van der Waals surface area contributed by atoms with E-state index in [1.54, 1.807) is 7.11 Å². The first-order valence-electron chi connectivity index (χ1n) is 5.86. The van der Waals surface area contributed by atoms with E-state index in [1.807, 2.05) is 0 Å². The van der Waals surface area contributed by atoms with Gasteiger partial charge in [-0.05, 0) is 25.7 Å². The molecule has 86 valence electrons. The number of nitrogens with one attached hydrogen (secondary N) is 1. The van der Waals surface area contributed by atoms with Gasteiger partial charge in [0.2, 0.25) is 0 Å². The van der Waals surface area contributed by atoms with Gasteiger partial charge < -0.3 is 15.8 Å². The molecule has 0 heterocycles. The summed E-state index contributed by atoms with van der Waals surface area (Å²) in [5.74, 6) is 0.584. The summed E-state index contributed by atoms with van der Waals surface area (Å²) in [6, 6.07) is 0.579. The van der Waals surface area contributed by atoms with Crippen molar-refractivity contribution in [2.45, 2.75) is 50.2 Å². The summed E-state index contributed by atoms with van der Waals surface area (Å²) < 4.78 is 5.58. The summed E-state index contributed by atoms with van der Waals surface area (Å²) in [7, 11) is 1.78. The lowest BCUT2D eigenvalue weighted by Gasteiger charge is -2.25. The number of aliphatic imine (C=N–C) groups is 1. The molecule has 2 aliphatic carbocycles. The quantitative estimate of drug-likeness (QED) is 0.539. The largest absolute Gasteiger partial charge is 0.376 e. The molecule has 2 aliphatic rings. The topological polar surface area (TPSA) is 59.6 Å². The zero-order valence-electron chi connectivity index (χ0n) is 9.46. The molecule has 2 saturated carbocycles. The molecule has 0 aliphatic heterocycles. The van der Waals surface area contributed by atoms with Crippen LogP contribution in [0.4, 0.5) is 0 Å². The number of guanidine groups is 1. The van der Waals surface area contributed by atoms with Crippen LogP contribution in [-0.2, 0) is 4.74 Å². The minimum absolute atomic E-state index is 0.0319. The molecule has 3 N–H and O–H groups in total. The van der Waals surface area contributed by atoms with Crippen molar-refractivity contribution in [3.8, 4) is 0 Å². The molecule has 2 fully saturated rings. The molecule has 0 radical (unpaired) electrons. The van der Waals surface area contributed by atoms with E-state index in [2.05, 4.69) is 10.3 Å². The zero-order chi connectivity index (χ0) is 10.7. The molecule has 15 heavy (non-hydrogen) atoms. The maximum Gasteiger partial charge on any atom is 0.188 e. The second-order valence-corrected chi connectivity index (χ2v) is 4.71. The van der Waals surface area contributed by atoms with Crippen LogP contribution >= 0.6 is 0 Å². The second-order valence-electron chi connectivity index (χ2n) is 4.71. The molecular formula is C11H21N3O. The molecule has 4 heteroatoms. The van der Waals surface area contributed by atoms with E-state index in [1.165, 1.54) is 25.7 Å². The molecule has 0 saturated heterocycles. The molecule has 4 nitrogen and oxygen atoms in total. The van der Waals surface area contributed by atoms with E-state index >= 15 is 0 Å². The van der Waals surface area contributed by atoms with Crippen molar-refractivity contribution < 1.29 is 4.74 Å². The Hall–Kier alpha value is -0.770. The number of nitrogens with two attached hydrogens (primary N) is 1. The van der Waals surface area contributed by atoms with Gasteiger partial charge in [-0.2, -0.15) is 0 Å². The van der Waals surface area contributed by atoms with Crippen LogP contribution in [0.5, 0.6) is 0 Å². The molecule has 0 aromatic rings. The van der Waals surface area contributed by atoms with Crippen LogP contribution in [0.2, 0.25) is 0 Å². The van der Waals surface area contributed by atoms with Crippen molar-refractivity contribution >= 4 is 5.96 Å². The Labute approximate surface area is 91.3 Å². The van der Waals surface area contributed by atoms with Gasteiger partial charge in [-0.3, -0.25) is 4.99 Å². The highest BCUT2D eigenvalue weighted by Gasteiger charge is 2.33. The van der Waals surface area contributed by atoms with Crippen molar-refractivity contribution in [3.05, 3.63) is 0 Å². The maximum absolute atomic E-state index is 5.79. The lowest BCUT2D eigenvalue weighted by Crippen LogP contribution is -2.37. The van der Waals surface area contributed by atoms with Crippen LogP contribution in [-0.4, -0.2) is 31.3 Å². The van der Waals surface area contributed by atoms with Crippen LogP contribution < -0.4 is 11.1 Å². The Kier molecular flexibility index (Phi) is 3.14. The zero-order valence-corrected chi connectivity index (χ0v) is 9.46. The van der Waals surface area contributed by atoms with Gasteiger partial charge in [0.05, 0.1) is 12.1 Å². The smallest absolute Gasteiger partial charge is 0.188 e. The highest BCUT2D eigenvalue weighted by molar-refractivity contribution is 5.78. The first-order chi connectivity index (χ1) is 7.24. The van der Waals surface area contributed by atoms with Crippen molar-refractivity contribution in [3.63, 3.8) is 0 Å². The summed E-state index contributed by atoms with van der Waals surface area (Å²) in [6.07, 6.45) is 7.18.